The topological polar surface area (TPSA) is 38.0 Å². The van der Waals surface area contributed by atoms with E-state index in [1.165, 1.54) is 51.5 Å². The molecule has 2 heteroatoms. The zero-order valence-corrected chi connectivity index (χ0v) is 10.1. The van der Waals surface area contributed by atoms with Crippen LogP contribution in [0.25, 0.3) is 0 Å². The molecule has 2 nitrogen and oxygen atoms in total. The second-order valence-electron chi connectivity index (χ2n) is 5.87. The quantitative estimate of drug-likeness (QED) is 0.706. The average Bonchev–Trinajstić information content (AvgIpc) is 2.14. The van der Waals surface area contributed by atoms with Gasteiger partial charge in [-0.3, -0.25) is 0 Å². The van der Waals surface area contributed by atoms with Crippen LogP contribution >= 0.6 is 0 Å². The summed E-state index contributed by atoms with van der Waals surface area (Å²) in [7, 11) is 0. The first-order chi connectivity index (χ1) is 7.24. The van der Waals surface area contributed by atoms with E-state index in [1.807, 2.05) is 0 Å². The van der Waals surface area contributed by atoms with Crippen LogP contribution in [0.2, 0.25) is 0 Å². The van der Waals surface area contributed by atoms with E-state index in [1.54, 1.807) is 0 Å². The van der Waals surface area contributed by atoms with Gasteiger partial charge in [0.25, 0.3) is 0 Å². The molecule has 0 unspecified atom stereocenters. The van der Waals surface area contributed by atoms with Crippen molar-refractivity contribution in [2.75, 3.05) is 19.6 Å². The van der Waals surface area contributed by atoms with Crippen LogP contribution < -0.4 is 11.1 Å². The van der Waals surface area contributed by atoms with Crippen LogP contribution in [0.5, 0.6) is 0 Å². The molecular weight excluding hydrogens is 184 g/mol. The molecule has 2 rings (SSSR count). The van der Waals surface area contributed by atoms with E-state index >= 15 is 0 Å². The van der Waals surface area contributed by atoms with Crippen LogP contribution in [-0.4, -0.2) is 19.6 Å². The van der Waals surface area contributed by atoms with Crippen LogP contribution in [-0.2, 0) is 0 Å². The molecule has 2 fully saturated rings. The number of rotatable bonds is 6. The summed E-state index contributed by atoms with van der Waals surface area (Å²) in [6.07, 6.45) is 9.73. The highest BCUT2D eigenvalue weighted by Gasteiger charge is 2.38. The summed E-state index contributed by atoms with van der Waals surface area (Å²) in [4.78, 5) is 0. The van der Waals surface area contributed by atoms with Crippen LogP contribution in [0.3, 0.4) is 0 Å². The molecule has 0 aliphatic heterocycles. The maximum atomic E-state index is 5.86. The molecule has 2 aliphatic rings. The van der Waals surface area contributed by atoms with E-state index in [9.17, 15) is 0 Å². The molecule has 0 aromatic carbocycles. The summed E-state index contributed by atoms with van der Waals surface area (Å²) in [5, 5.41) is 3.69. The Bertz CT molecular complexity index is 172. The summed E-state index contributed by atoms with van der Waals surface area (Å²) >= 11 is 0. The molecule has 15 heavy (non-hydrogen) atoms. The first kappa shape index (κ1) is 11.4. The van der Waals surface area contributed by atoms with Gasteiger partial charge in [-0.05, 0) is 49.5 Å². The van der Waals surface area contributed by atoms with E-state index in [4.69, 9.17) is 5.73 Å². The maximum Gasteiger partial charge on any atom is 0.00201 e. The van der Waals surface area contributed by atoms with Crippen LogP contribution in [0, 0.1) is 10.8 Å². The minimum Gasteiger partial charge on any atom is -0.330 e. The second-order valence-corrected chi connectivity index (χ2v) is 5.87. The fourth-order valence-corrected chi connectivity index (χ4v) is 3.05. The highest BCUT2D eigenvalue weighted by atomic mass is 14.9. The number of nitrogens with two attached hydrogens (primary N) is 1. The molecule has 0 atom stereocenters. The van der Waals surface area contributed by atoms with Gasteiger partial charge in [0.05, 0.1) is 0 Å². The van der Waals surface area contributed by atoms with Crippen molar-refractivity contribution in [1.82, 2.24) is 5.32 Å². The predicted molar refractivity (Wildman–Crippen MR) is 64.8 cm³/mol. The van der Waals surface area contributed by atoms with Crippen LogP contribution in [0.1, 0.15) is 51.9 Å². The van der Waals surface area contributed by atoms with Gasteiger partial charge in [0, 0.05) is 13.1 Å². The average molecular weight is 210 g/mol. The van der Waals surface area contributed by atoms with Crippen molar-refractivity contribution in [3.8, 4) is 0 Å². The standard InChI is InChI=1S/C13H26N2/c1-2-12(5-3-6-12)10-15-11-13(9-14)7-4-8-13/h15H,2-11,14H2,1H3. The molecule has 0 bridgehead atoms. The first-order valence-electron chi connectivity index (χ1n) is 6.65. The molecule has 0 heterocycles. The third-order valence-electron chi connectivity index (χ3n) is 5.01. The van der Waals surface area contributed by atoms with Crippen molar-refractivity contribution in [2.24, 2.45) is 16.6 Å². The monoisotopic (exact) mass is 210 g/mol. The Morgan fingerprint density at radius 2 is 1.53 bits per heavy atom. The van der Waals surface area contributed by atoms with Gasteiger partial charge in [-0.25, -0.2) is 0 Å². The number of hydrogen-bond donors (Lipinski definition) is 2. The van der Waals surface area contributed by atoms with Gasteiger partial charge >= 0.3 is 0 Å². The molecule has 3 N–H and O–H groups in total. The molecule has 0 spiro atoms. The van der Waals surface area contributed by atoms with Gasteiger partial charge in [0.15, 0.2) is 0 Å². The highest BCUT2D eigenvalue weighted by molar-refractivity contribution is 4.93. The van der Waals surface area contributed by atoms with Gasteiger partial charge in [-0.2, -0.15) is 0 Å². The number of hydrogen-bond acceptors (Lipinski definition) is 2. The smallest absolute Gasteiger partial charge is 0.00201 e. The van der Waals surface area contributed by atoms with Gasteiger partial charge < -0.3 is 11.1 Å². The fraction of sp³-hybridized carbons (Fsp3) is 1.00. The zero-order chi connectivity index (χ0) is 10.8. The summed E-state index contributed by atoms with van der Waals surface area (Å²) in [5.41, 5.74) is 6.98. The van der Waals surface area contributed by atoms with Gasteiger partial charge in [0.1, 0.15) is 0 Å². The molecule has 0 saturated heterocycles. The Morgan fingerprint density at radius 1 is 1.00 bits per heavy atom. The molecular formula is C13H26N2. The first-order valence-corrected chi connectivity index (χ1v) is 6.65. The fourth-order valence-electron chi connectivity index (χ4n) is 3.05. The summed E-state index contributed by atoms with van der Waals surface area (Å²) in [6.45, 7) is 5.60. The highest BCUT2D eigenvalue weighted by Crippen LogP contribution is 2.44. The van der Waals surface area contributed by atoms with E-state index < -0.39 is 0 Å². The summed E-state index contributed by atoms with van der Waals surface area (Å²) in [5.74, 6) is 0. The van der Waals surface area contributed by atoms with Crippen LogP contribution in [0.4, 0.5) is 0 Å². The third kappa shape index (κ3) is 2.21. The molecule has 0 aromatic rings. The van der Waals surface area contributed by atoms with Crippen LogP contribution in [0.15, 0.2) is 0 Å². The van der Waals surface area contributed by atoms with Gasteiger partial charge in [-0.15, -0.1) is 0 Å². The molecule has 88 valence electrons. The number of nitrogens with one attached hydrogen (secondary N) is 1. The normalized spacial score (nSPS) is 26.8. The van der Waals surface area contributed by atoms with Crippen molar-refractivity contribution in [1.29, 1.82) is 0 Å². The van der Waals surface area contributed by atoms with Crippen molar-refractivity contribution in [3.63, 3.8) is 0 Å². The van der Waals surface area contributed by atoms with Crippen molar-refractivity contribution < 1.29 is 0 Å². The minimum atomic E-state index is 0.471. The second kappa shape index (κ2) is 4.42. The Labute approximate surface area is 94.0 Å². The lowest BCUT2D eigenvalue weighted by Crippen LogP contribution is -2.48. The summed E-state index contributed by atoms with van der Waals surface area (Å²) in [6, 6.07) is 0. The minimum absolute atomic E-state index is 0.471. The Balaban J connectivity index is 1.69. The predicted octanol–water partition coefficient (Wildman–Crippen LogP) is 2.29. The molecule has 2 saturated carbocycles. The molecule has 0 amide bonds. The Morgan fingerprint density at radius 3 is 1.87 bits per heavy atom. The Kier molecular flexibility index (Phi) is 3.36. The lowest BCUT2D eigenvalue weighted by Gasteiger charge is -2.45. The largest absolute Gasteiger partial charge is 0.330 e. The lowest BCUT2D eigenvalue weighted by atomic mass is 9.66. The lowest BCUT2D eigenvalue weighted by molar-refractivity contribution is 0.0962. The van der Waals surface area contributed by atoms with Crippen molar-refractivity contribution in [3.05, 3.63) is 0 Å². The van der Waals surface area contributed by atoms with Crippen molar-refractivity contribution >= 4 is 0 Å². The Hall–Kier alpha value is -0.0800. The van der Waals surface area contributed by atoms with E-state index in [-0.39, 0.29) is 0 Å². The third-order valence-corrected chi connectivity index (χ3v) is 5.01. The summed E-state index contributed by atoms with van der Waals surface area (Å²) < 4.78 is 0. The van der Waals surface area contributed by atoms with E-state index in [2.05, 4.69) is 12.2 Å². The molecule has 0 aromatic heterocycles. The van der Waals surface area contributed by atoms with Gasteiger partial charge in [0.2, 0.25) is 0 Å². The maximum absolute atomic E-state index is 5.86. The van der Waals surface area contributed by atoms with E-state index in [0.717, 1.165) is 13.1 Å². The van der Waals surface area contributed by atoms with E-state index in [0.29, 0.717) is 10.8 Å². The SMILES string of the molecule is CCC1(CNCC2(CN)CCC2)CCC1. The molecule has 2 aliphatic carbocycles. The van der Waals surface area contributed by atoms with Crippen molar-refractivity contribution in [2.45, 2.75) is 51.9 Å². The zero-order valence-electron chi connectivity index (χ0n) is 10.1. The van der Waals surface area contributed by atoms with Gasteiger partial charge in [-0.1, -0.05) is 19.8 Å². The molecule has 0 radical (unpaired) electrons.